The lowest BCUT2D eigenvalue weighted by atomic mass is 9.44. The van der Waals surface area contributed by atoms with Crippen LogP contribution in [0.15, 0.2) is 34.7 Å². The molecule has 4 aliphatic rings. The van der Waals surface area contributed by atoms with Crippen molar-refractivity contribution < 1.29 is 24.5 Å². The van der Waals surface area contributed by atoms with Crippen molar-refractivity contribution in [3.05, 3.63) is 35.8 Å². The average molecular weight is 417 g/mol. The molecule has 7 atom stereocenters. The molecule has 0 spiro atoms. The quantitative estimate of drug-likeness (QED) is 0.648. The highest BCUT2D eigenvalue weighted by Gasteiger charge is 2.71. The molecular formula is C25H36O5. The second-order valence-electron chi connectivity index (χ2n) is 10.7. The van der Waals surface area contributed by atoms with Gasteiger partial charge >= 0.3 is 0 Å². The summed E-state index contributed by atoms with van der Waals surface area (Å²) >= 11 is 0. The number of aliphatic hydroxyl groups is 3. The predicted molar refractivity (Wildman–Crippen MR) is 113 cm³/mol. The van der Waals surface area contributed by atoms with E-state index in [2.05, 4.69) is 19.9 Å². The lowest BCUT2D eigenvalue weighted by Gasteiger charge is -2.62. The largest absolute Gasteiger partial charge is 0.472 e. The summed E-state index contributed by atoms with van der Waals surface area (Å²) in [7, 11) is 0. The van der Waals surface area contributed by atoms with Crippen LogP contribution in [0.2, 0.25) is 0 Å². The molecule has 0 aliphatic heterocycles. The Morgan fingerprint density at radius 2 is 1.90 bits per heavy atom. The van der Waals surface area contributed by atoms with Gasteiger partial charge in [0.1, 0.15) is 5.60 Å². The number of ether oxygens (including phenoxy) is 1. The van der Waals surface area contributed by atoms with Crippen LogP contribution in [-0.4, -0.2) is 40.2 Å². The van der Waals surface area contributed by atoms with Crippen LogP contribution in [0, 0.1) is 22.7 Å². The van der Waals surface area contributed by atoms with Crippen LogP contribution in [0.4, 0.5) is 0 Å². The number of hydrogen-bond acceptors (Lipinski definition) is 5. The molecule has 0 amide bonds. The van der Waals surface area contributed by atoms with Crippen molar-refractivity contribution in [1.29, 1.82) is 0 Å². The molecule has 0 radical (unpaired) electrons. The molecule has 4 aliphatic carbocycles. The maximum absolute atomic E-state index is 12.2. The minimum Gasteiger partial charge on any atom is -0.472 e. The Labute approximate surface area is 179 Å². The monoisotopic (exact) mass is 416 g/mol. The summed E-state index contributed by atoms with van der Waals surface area (Å²) in [6.07, 6.45) is 12.7. The summed E-state index contributed by atoms with van der Waals surface area (Å²) in [6.45, 7) is 4.95. The first-order chi connectivity index (χ1) is 14.3. The van der Waals surface area contributed by atoms with Crippen molar-refractivity contribution in [2.75, 3.05) is 13.2 Å². The molecule has 0 saturated heterocycles. The van der Waals surface area contributed by atoms with Crippen molar-refractivity contribution in [3.8, 4) is 0 Å². The normalized spacial score (nSPS) is 47.9. The van der Waals surface area contributed by atoms with E-state index in [1.807, 2.05) is 6.07 Å². The van der Waals surface area contributed by atoms with E-state index < -0.39 is 16.6 Å². The fourth-order valence-electron chi connectivity index (χ4n) is 7.98. The van der Waals surface area contributed by atoms with Gasteiger partial charge in [-0.1, -0.05) is 25.5 Å². The molecule has 0 aromatic carbocycles. The van der Waals surface area contributed by atoms with E-state index in [4.69, 9.17) is 14.3 Å². The van der Waals surface area contributed by atoms with Gasteiger partial charge in [-0.25, -0.2) is 0 Å². The average Bonchev–Trinajstić information content (AvgIpc) is 3.34. The smallest absolute Gasteiger partial charge is 0.101 e. The summed E-state index contributed by atoms with van der Waals surface area (Å²) in [5, 5.41) is 33.1. The van der Waals surface area contributed by atoms with Crippen molar-refractivity contribution >= 4 is 0 Å². The Balaban J connectivity index is 1.46. The highest BCUT2D eigenvalue weighted by molar-refractivity contribution is 5.33. The fourth-order valence-corrected chi connectivity index (χ4v) is 7.98. The van der Waals surface area contributed by atoms with Crippen LogP contribution in [0.3, 0.4) is 0 Å². The lowest BCUT2D eigenvalue weighted by molar-refractivity contribution is -0.222. The third-order valence-electron chi connectivity index (χ3n) is 9.82. The Hall–Kier alpha value is -1.14. The molecule has 5 heteroatoms. The number of rotatable bonds is 4. The first-order valence-electron chi connectivity index (χ1n) is 11.7. The topological polar surface area (TPSA) is 83.1 Å². The predicted octanol–water partition coefficient (Wildman–Crippen LogP) is 3.92. The summed E-state index contributed by atoms with van der Waals surface area (Å²) in [4.78, 5) is 0. The zero-order valence-corrected chi connectivity index (χ0v) is 18.3. The van der Waals surface area contributed by atoms with Crippen LogP contribution >= 0.6 is 0 Å². The van der Waals surface area contributed by atoms with E-state index in [1.54, 1.807) is 12.5 Å². The molecule has 30 heavy (non-hydrogen) atoms. The van der Waals surface area contributed by atoms with Gasteiger partial charge in [0.05, 0.1) is 37.4 Å². The molecule has 166 valence electrons. The molecule has 5 rings (SSSR count). The van der Waals surface area contributed by atoms with Crippen molar-refractivity contribution in [1.82, 2.24) is 0 Å². The SMILES string of the molecule is C[C@]12CC[C@H]3[C@@H](CCC4=C[C@@H](OCCO)CC[C@@]43C)[C@@]1(O)CC[C@]2(O)c1ccoc1. The fraction of sp³-hybridized carbons (Fsp3) is 0.760. The number of allylic oxidation sites excluding steroid dienone is 1. The minimum atomic E-state index is -1.04. The molecular weight excluding hydrogens is 380 g/mol. The van der Waals surface area contributed by atoms with Crippen LogP contribution in [0.5, 0.6) is 0 Å². The Morgan fingerprint density at radius 3 is 2.63 bits per heavy atom. The zero-order valence-electron chi connectivity index (χ0n) is 18.3. The first kappa shape index (κ1) is 20.7. The Kier molecular flexibility index (Phi) is 4.79. The molecule has 0 bridgehead atoms. The summed E-state index contributed by atoms with van der Waals surface area (Å²) in [6, 6.07) is 1.86. The summed E-state index contributed by atoms with van der Waals surface area (Å²) in [5.74, 6) is 0.635. The zero-order chi connectivity index (χ0) is 21.2. The van der Waals surface area contributed by atoms with Crippen LogP contribution in [-0.2, 0) is 10.3 Å². The van der Waals surface area contributed by atoms with Crippen LogP contribution in [0.25, 0.3) is 0 Å². The number of fused-ring (bicyclic) bond motifs is 5. The maximum Gasteiger partial charge on any atom is 0.101 e. The molecule has 5 nitrogen and oxygen atoms in total. The van der Waals surface area contributed by atoms with Crippen LogP contribution in [0.1, 0.15) is 70.8 Å². The van der Waals surface area contributed by atoms with Crippen molar-refractivity contribution in [2.45, 2.75) is 82.5 Å². The van der Waals surface area contributed by atoms with Gasteiger partial charge in [-0.05, 0) is 74.7 Å². The van der Waals surface area contributed by atoms with Gasteiger partial charge in [0.25, 0.3) is 0 Å². The molecule has 1 aromatic rings. The van der Waals surface area contributed by atoms with E-state index in [1.165, 1.54) is 5.57 Å². The van der Waals surface area contributed by atoms with E-state index in [0.29, 0.717) is 25.4 Å². The number of furan rings is 1. The number of aliphatic hydroxyl groups excluding tert-OH is 1. The van der Waals surface area contributed by atoms with Crippen molar-refractivity contribution in [3.63, 3.8) is 0 Å². The second kappa shape index (κ2) is 6.93. The molecule has 3 fully saturated rings. The Morgan fingerprint density at radius 1 is 1.07 bits per heavy atom. The number of hydrogen-bond donors (Lipinski definition) is 3. The van der Waals surface area contributed by atoms with Gasteiger partial charge in [-0.3, -0.25) is 0 Å². The van der Waals surface area contributed by atoms with Crippen molar-refractivity contribution in [2.24, 2.45) is 22.7 Å². The lowest BCUT2D eigenvalue weighted by Crippen LogP contribution is -2.63. The van der Waals surface area contributed by atoms with E-state index >= 15 is 0 Å². The van der Waals surface area contributed by atoms with Gasteiger partial charge in [0, 0.05) is 11.0 Å². The molecule has 3 saturated carbocycles. The first-order valence-corrected chi connectivity index (χ1v) is 11.7. The van der Waals surface area contributed by atoms with Gasteiger partial charge in [0.2, 0.25) is 0 Å². The summed E-state index contributed by atoms with van der Waals surface area (Å²) in [5.41, 5.74) is -0.0797. The molecule has 1 heterocycles. The standard InChI is InChI=1S/C25H36O5/c1-22-8-5-19(30-14-12-26)15-17(22)3-4-21-20(22)6-9-23(2)24(27,10-11-25(21,23)28)18-7-13-29-16-18/h7,13,15-16,19-21,26-28H,3-6,8-12,14H2,1-2H3/t19-,20-,21+,22-,23+,24-,25-/m0/s1. The third-order valence-corrected chi connectivity index (χ3v) is 9.82. The minimum absolute atomic E-state index is 0.0623. The maximum atomic E-state index is 12.2. The van der Waals surface area contributed by atoms with Gasteiger partial charge in [-0.2, -0.15) is 0 Å². The van der Waals surface area contributed by atoms with E-state index in [9.17, 15) is 10.2 Å². The van der Waals surface area contributed by atoms with Gasteiger partial charge in [0.15, 0.2) is 0 Å². The van der Waals surface area contributed by atoms with E-state index in [0.717, 1.165) is 44.1 Å². The second-order valence-corrected chi connectivity index (χ2v) is 10.7. The van der Waals surface area contributed by atoms with Gasteiger partial charge < -0.3 is 24.5 Å². The molecule has 1 aromatic heterocycles. The Bertz CT molecular complexity index is 818. The highest BCUT2D eigenvalue weighted by atomic mass is 16.5. The van der Waals surface area contributed by atoms with Crippen LogP contribution < -0.4 is 0 Å². The van der Waals surface area contributed by atoms with E-state index in [-0.39, 0.29) is 24.0 Å². The molecule has 3 N–H and O–H groups in total. The highest BCUT2D eigenvalue weighted by Crippen LogP contribution is 2.71. The summed E-state index contributed by atoms with van der Waals surface area (Å²) < 4.78 is 11.1. The molecule has 0 unspecified atom stereocenters. The third kappa shape index (κ3) is 2.55. The van der Waals surface area contributed by atoms with Gasteiger partial charge in [-0.15, -0.1) is 0 Å².